The Kier molecular flexibility index (Phi) is 4.75. The number of nitrogens with zero attached hydrogens (tertiary/aromatic N) is 5. The molecule has 1 fully saturated rings. The molecule has 2 bridgehead atoms. The van der Waals surface area contributed by atoms with Crippen LogP contribution in [0.4, 0.5) is 4.39 Å². The van der Waals surface area contributed by atoms with Gasteiger partial charge in [0.05, 0.1) is 23.1 Å². The average Bonchev–Trinajstić information content (AvgIpc) is 3.18. The van der Waals surface area contributed by atoms with Gasteiger partial charge in [-0.05, 0) is 77.5 Å². The fraction of sp³-hybridized carbons (Fsp3) is 0.462. The molecule has 2 aliphatic heterocycles. The summed E-state index contributed by atoms with van der Waals surface area (Å²) in [7, 11) is 1.89. The first-order chi connectivity index (χ1) is 15.5. The van der Waals surface area contributed by atoms with E-state index in [1.165, 1.54) is 0 Å². The molecule has 1 aromatic carbocycles. The van der Waals surface area contributed by atoms with Crippen molar-refractivity contribution in [3.05, 3.63) is 64.1 Å². The van der Waals surface area contributed by atoms with E-state index in [0.717, 1.165) is 41.8 Å². The van der Waals surface area contributed by atoms with Crippen LogP contribution < -0.4 is 0 Å². The fourth-order valence-electron chi connectivity index (χ4n) is 6.04. The van der Waals surface area contributed by atoms with E-state index in [1.54, 1.807) is 30.7 Å². The lowest BCUT2D eigenvalue weighted by atomic mass is 9.67. The molecule has 0 N–H and O–H groups in total. The summed E-state index contributed by atoms with van der Waals surface area (Å²) in [6.45, 7) is 9.58. The van der Waals surface area contributed by atoms with E-state index < -0.39 is 11.1 Å². The molecule has 0 saturated carbocycles. The number of fused-ring (bicyclic) bond motifs is 4. The Morgan fingerprint density at radius 3 is 2.58 bits per heavy atom. The van der Waals surface area contributed by atoms with Crippen LogP contribution in [0.15, 0.2) is 24.5 Å². The lowest BCUT2D eigenvalue weighted by molar-refractivity contribution is -0.0418. The van der Waals surface area contributed by atoms with Crippen molar-refractivity contribution < 1.29 is 9.18 Å². The van der Waals surface area contributed by atoms with Gasteiger partial charge >= 0.3 is 0 Å². The number of carbonyl (C=O) groups is 1. The number of aryl methyl sites for hydroxylation is 3. The number of hydrogen-bond donors (Lipinski definition) is 0. The molecule has 1 amide bonds. The molecular weight excluding hydrogens is 417 g/mol. The van der Waals surface area contributed by atoms with E-state index in [-0.39, 0.29) is 11.7 Å². The normalized spacial score (nSPS) is 24.0. The first-order valence-corrected chi connectivity index (χ1v) is 11.5. The van der Waals surface area contributed by atoms with Gasteiger partial charge in [-0.1, -0.05) is 6.07 Å². The second-order valence-electron chi connectivity index (χ2n) is 10.2. The Bertz CT molecular complexity index is 1300. The number of amides is 1. The molecule has 0 aliphatic carbocycles. The fourth-order valence-corrected chi connectivity index (χ4v) is 6.04. The molecule has 33 heavy (non-hydrogen) atoms. The molecule has 3 aromatic rings. The minimum absolute atomic E-state index is 0.124. The predicted molar refractivity (Wildman–Crippen MR) is 124 cm³/mol. The minimum atomic E-state index is -0.601. The van der Waals surface area contributed by atoms with Gasteiger partial charge in [0.15, 0.2) is 0 Å². The van der Waals surface area contributed by atoms with Crippen molar-refractivity contribution in [1.82, 2.24) is 24.6 Å². The van der Waals surface area contributed by atoms with Crippen LogP contribution in [0.1, 0.15) is 71.7 Å². The van der Waals surface area contributed by atoms with Crippen LogP contribution in [0.5, 0.6) is 0 Å². The van der Waals surface area contributed by atoms with Gasteiger partial charge < -0.3 is 4.90 Å². The third-order valence-electron chi connectivity index (χ3n) is 7.59. The van der Waals surface area contributed by atoms with Crippen LogP contribution in [-0.2, 0) is 19.0 Å². The summed E-state index contributed by atoms with van der Waals surface area (Å²) in [5.41, 5.74) is 4.23. The second-order valence-corrected chi connectivity index (χ2v) is 10.2. The smallest absolute Gasteiger partial charge is 0.255 e. The molecule has 0 spiro atoms. The molecule has 2 aromatic heterocycles. The summed E-state index contributed by atoms with van der Waals surface area (Å²) in [5.74, 6) is 0.240. The standard InChI is InChI=1S/C26H30FN5O/c1-15-8-9-19(16(2)21(15)27)24(33)32-25(4)10-7-11-26(32,5)23-20(12-25)22(29-17(3)30-23)18-13-28-31(6)14-18/h8-9,13-14H,7,10-12H2,1-6H3. The van der Waals surface area contributed by atoms with Gasteiger partial charge in [0.2, 0.25) is 0 Å². The molecule has 5 rings (SSSR count). The number of halogens is 1. The minimum Gasteiger partial charge on any atom is -0.322 e. The summed E-state index contributed by atoms with van der Waals surface area (Å²) >= 11 is 0. The highest BCUT2D eigenvalue weighted by atomic mass is 19.1. The lowest BCUT2D eigenvalue weighted by Crippen LogP contribution is -2.66. The Balaban J connectivity index is 1.71. The Labute approximate surface area is 193 Å². The van der Waals surface area contributed by atoms with Crippen molar-refractivity contribution in [2.45, 2.75) is 71.4 Å². The maximum Gasteiger partial charge on any atom is 0.255 e. The zero-order chi connectivity index (χ0) is 23.7. The van der Waals surface area contributed by atoms with Gasteiger partial charge in [-0.25, -0.2) is 14.4 Å². The van der Waals surface area contributed by atoms with Crippen LogP contribution in [0.3, 0.4) is 0 Å². The Hall–Kier alpha value is -3.09. The third kappa shape index (κ3) is 3.12. The van der Waals surface area contributed by atoms with Crippen molar-refractivity contribution in [1.29, 1.82) is 0 Å². The number of hydrogen-bond acceptors (Lipinski definition) is 4. The predicted octanol–water partition coefficient (Wildman–Crippen LogP) is 4.80. The van der Waals surface area contributed by atoms with Gasteiger partial charge in [-0.2, -0.15) is 5.10 Å². The van der Waals surface area contributed by atoms with Crippen molar-refractivity contribution >= 4 is 5.91 Å². The van der Waals surface area contributed by atoms with E-state index in [0.29, 0.717) is 28.9 Å². The van der Waals surface area contributed by atoms with E-state index in [1.807, 2.05) is 31.3 Å². The molecule has 1 saturated heterocycles. The van der Waals surface area contributed by atoms with Crippen molar-refractivity contribution in [2.24, 2.45) is 7.05 Å². The van der Waals surface area contributed by atoms with Gasteiger partial charge in [0, 0.05) is 35.5 Å². The number of piperidine rings is 1. The first kappa shape index (κ1) is 21.7. The molecule has 0 radical (unpaired) electrons. The third-order valence-corrected chi connectivity index (χ3v) is 7.59. The molecule has 172 valence electrons. The van der Waals surface area contributed by atoms with Crippen LogP contribution in [-0.4, -0.2) is 36.1 Å². The van der Waals surface area contributed by atoms with Crippen molar-refractivity contribution in [3.63, 3.8) is 0 Å². The maximum atomic E-state index is 14.7. The molecule has 6 nitrogen and oxygen atoms in total. The number of benzene rings is 1. The molecule has 2 aliphatic rings. The summed E-state index contributed by atoms with van der Waals surface area (Å²) in [4.78, 5) is 25.8. The number of rotatable bonds is 2. The molecule has 2 unspecified atom stereocenters. The maximum absolute atomic E-state index is 14.7. The van der Waals surface area contributed by atoms with Crippen LogP contribution >= 0.6 is 0 Å². The number of carbonyl (C=O) groups excluding carboxylic acids is 1. The highest BCUT2D eigenvalue weighted by Gasteiger charge is 2.56. The topological polar surface area (TPSA) is 63.9 Å². The lowest BCUT2D eigenvalue weighted by Gasteiger charge is -2.59. The Morgan fingerprint density at radius 1 is 1.12 bits per heavy atom. The SMILES string of the molecule is Cc1nc(-c2cnn(C)c2)c2c(n1)C1(C)CCCC(C)(C2)N1C(=O)c1ccc(C)c(F)c1C. The first-order valence-electron chi connectivity index (χ1n) is 11.5. The second kappa shape index (κ2) is 7.20. The van der Waals surface area contributed by atoms with E-state index in [4.69, 9.17) is 9.97 Å². The van der Waals surface area contributed by atoms with Crippen LogP contribution in [0.25, 0.3) is 11.3 Å². The van der Waals surface area contributed by atoms with Gasteiger partial charge in [0.1, 0.15) is 11.6 Å². The zero-order valence-electron chi connectivity index (χ0n) is 20.2. The van der Waals surface area contributed by atoms with Gasteiger partial charge in [-0.15, -0.1) is 0 Å². The van der Waals surface area contributed by atoms with Crippen molar-refractivity contribution in [2.75, 3.05) is 0 Å². The highest BCUT2D eigenvalue weighted by molar-refractivity contribution is 5.97. The molecule has 4 heterocycles. The quantitative estimate of drug-likeness (QED) is 0.566. The van der Waals surface area contributed by atoms with E-state index in [2.05, 4.69) is 18.9 Å². The zero-order valence-corrected chi connectivity index (χ0v) is 20.2. The number of aromatic nitrogens is 4. The summed E-state index contributed by atoms with van der Waals surface area (Å²) in [5, 5.41) is 4.34. The molecule has 7 heteroatoms. The largest absolute Gasteiger partial charge is 0.322 e. The summed E-state index contributed by atoms with van der Waals surface area (Å²) in [6, 6.07) is 3.46. The molecular formula is C26H30FN5O. The van der Waals surface area contributed by atoms with Crippen molar-refractivity contribution in [3.8, 4) is 11.3 Å². The van der Waals surface area contributed by atoms with E-state index in [9.17, 15) is 9.18 Å². The molecule has 2 atom stereocenters. The van der Waals surface area contributed by atoms with E-state index >= 15 is 0 Å². The highest BCUT2D eigenvalue weighted by Crippen LogP contribution is 2.52. The Morgan fingerprint density at radius 2 is 1.88 bits per heavy atom. The van der Waals surface area contributed by atoms with Crippen LogP contribution in [0.2, 0.25) is 0 Å². The average molecular weight is 448 g/mol. The summed E-state index contributed by atoms with van der Waals surface area (Å²) in [6.07, 6.45) is 7.14. The van der Waals surface area contributed by atoms with Crippen LogP contribution in [0, 0.1) is 26.6 Å². The summed E-state index contributed by atoms with van der Waals surface area (Å²) < 4.78 is 16.5. The monoisotopic (exact) mass is 447 g/mol. The van der Waals surface area contributed by atoms with Gasteiger partial charge in [-0.3, -0.25) is 9.48 Å². The van der Waals surface area contributed by atoms with Gasteiger partial charge in [0.25, 0.3) is 5.91 Å².